The molecule has 0 aromatic carbocycles. The van der Waals surface area contributed by atoms with E-state index in [0.717, 1.165) is 31.9 Å². The van der Waals surface area contributed by atoms with Crippen LogP contribution in [0.2, 0.25) is 0 Å². The van der Waals surface area contributed by atoms with E-state index >= 15 is 0 Å². The molecule has 2 rings (SSSR count). The molecule has 5 heteroatoms. The Morgan fingerprint density at radius 3 is 2.93 bits per heavy atom. The van der Waals surface area contributed by atoms with Crippen molar-refractivity contribution < 1.29 is 4.52 Å². The van der Waals surface area contributed by atoms with Gasteiger partial charge in [0.2, 0.25) is 5.89 Å². The van der Waals surface area contributed by atoms with Crippen molar-refractivity contribution in [2.45, 2.75) is 38.8 Å². The number of aromatic nitrogens is 2. The van der Waals surface area contributed by atoms with Gasteiger partial charge in [0.25, 0.3) is 0 Å². The lowest BCUT2D eigenvalue weighted by atomic mass is 10.2. The van der Waals surface area contributed by atoms with Crippen LogP contribution in [0.15, 0.2) is 4.52 Å². The van der Waals surface area contributed by atoms with E-state index in [2.05, 4.69) is 28.9 Å². The molecule has 1 fully saturated rings. The summed E-state index contributed by atoms with van der Waals surface area (Å²) >= 11 is 0. The van der Waals surface area contributed by atoms with E-state index in [4.69, 9.17) is 10.3 Å². The first-order valence-corrected chi connectivity index (χ1v) is 5.45. The van der Waals surface area contributed by atoms with Crippen LogP contribution in [0.5, 0.6) is 0 Å². The molecule has 1 aliphatic rings. The van der Waals surface area contributed by atoms with E-state index in [1.54, 1.807) is 0 Å². The quantitative estimate of drug-likeness (QED) is 0.796. The molecule has 15 heavy (non-hydrogen) atoms. The third kappa shape index (κ3) is 2.54. The lowest BCUT2D eigenvalue weighted by Gasteiger charge is -2.10. The first kappa shape index (κ1) is 10.6. The van der Waals surface area contributed by atoms with Crippen molar-refractivity contribution in [1.82, 2.24) is 15.0 Å². The van der Waals surface area contributed by atoms with Crippen molar-refractivity contribution in [3.63, 3.8) is 0 Å². The number of hydrogen-bond acceptors (Lipinski definition) is 5. The summed E-state index contributed by atoms with van der Waals surface area (Å²) in [6.45, 7) is 6.80. The van der Waals surface area contributed by atoms with Crippen LogP contribution in [0.4, 0.5) is 0 Å². The number of hydrogen-bond donors (Lipinski definition) is 1. The summed E-state index contributed by atoms with van der Waals surface area (Å²) in [5, 5.41) is 3.93. The Bertz CT molecular complexity index is 323. The van der Waals surface area contributed by atoms with Gasteiger partial charge in [-0.2, -0.15) is 4.98 Å². The Hall–Kier alpha value is -0.940. The molecular weight excluding hydrogens is 192 g/mol. The van der Waals surface area contributed by atoms with Crippen LogP contribution in [0.25, 0.3) is 0 Å². The molecule has 0 unspecified atom stereocenters. The van der Waals surface area contributed by atoms with E-state index in [9.17, 15) is 0 Å². The highest BCUT2D eigenvalue weighted by Gasteiger charge is 2.21. The van der Waals surface area contributed by atoms with Crippen LogP contribution in [0.1, 0.15) is 37.9 Å². The minimum Gasteiger partial charge on any atom is -0.338 e. The van der Waals surface area contributed by atoms with E-state index < -0.39 is 0 Å². The van der Waals surface area contributed by atoms with Gasteiger partial charge in [0.05, 0.1) is 6.54 Å². The Balaban J connectivity index is 1.93. The molecule has 0 spiro atoms. The van der Waals surface area contributed by atoms with Gasteiger partial charge in [-0.05, 0) is 6.42 Å². The zero-order valence-electron chi connectivity index (χ0n) is 9.31. The van der Waals surface area contributed by atoms with E-state index in [1.807, 2.05) is 0 Å². The van der Waals surface area contributed by atoms with Crippen LogP contribution in [0, 0.1) is 0 Å². The maximum absolute atomic E-state index is 5.82. The van der Waals surface area contributed by atoms with Gasteiger partial charge in [0.1, 0.15) is 0 Å². The second-order valence-corrected chi connectivity index (χ2v) is 4.48. The number of nitrogens with zero attached hydrogens (tertiary/aromatic N) is 3. The molecular formula is C10H18N4O. The van der Waals surface area contributed by atoms with Crippen molar-refractivity contribution >= 4 is 0 Å². The van der Waals surface area contributed by atoms with Crippen molar-refractivity contribution in [3.8, 4) is 0 Å². The zero-order chi connectivity index (χ0) is 10.8. The Morgan fingerprint density at radius 2 is 2.40 bits per heavy atom. The number of likely N-dealkylation sites (tertiary alicyclic amines) is 1. The lowest BCUT2D eigenvalue weighted by Crippen LogP contribution is -2.26. The molecule has 0 aliphatic carbocycles. The Morgan fingerprint density at radius 1 is 1.60 bits per heavy atom. The lowest BCUT2D eigenvalue weighted by molar-refractivity contribution is 0.265. The summed E-state index contributed by atoms with van der Waals surface area (Å²) in [6.07, 6.45) is 1.06. The summed E-state index contributed by atoms with van der Waals surface area (Å²) in [5.74, 6) is 1.81. The molecule has 1 aromatic rings. The van der Waals surface area contributed by atoms with Crippen LogP contribution in [-0.2, 0) is 6.54 Å². The molecule has 0 bridgehead atoms. The summed E-state index contributed by atoms with van der Waals surface area (Å²) in [5.41, 5.74) is 5.82. The van der Waals surface area contributed by atoms with Crippen molar-refractivity contribution in [2.75, 3.05) is 13.1 Å². The molecule has 1 atom stereocenters. The molecule has 0 radical (unpaired) electrons. The third-order valence-electron chi connectivity index (χ3n) is 2.67. The fourth-order valence-corrected chi connectivity index (χ4v) is 1.76. The van der Waals surface area contributed by atoms with Crippen molar-refractivity contribution in [1.29, 1.82) is 0 Å². The van der Waals surface area contributed by atoms with Gasteiger partial charge in [-0.1, -0.05) is 19.0 Å². The van der Waals surface area contributed by atoms with Crippen molar-refractivity contribution in [2.24, 2.45) is 5.73 Å². The topological polar surface area (TPSA) is 68.2 Å². The molecule has 1 saturated heterocycles. The predicted octanol–water partition coefficient (Wildman–Crippen LogP) is 0.726. The highest BCUT2D eigenvalue weighted by Crippen LogP contribution is 2.13. The minimum absolute atomic E-state index is 0.303. The Labute approximate surface area is 89.6 Å². The van der Waals surface area contributed by atoms with Crippen LogP contribution < -0.4 is 5.73 Å². The van der Waals surface area contributed by atoms with Gasteiger partial charge in [-0.3, -0.25) is 4.90 Å². The molecule has 2 heterocycles. The monoisotopic (exact) mass is 210 g/mol. The van der Waals surface area contributed by atoms with Crippen LogP contribution in [0.3, 0.4) is 0 Å². The predicted molar refractivity (Wildman–Crippen MR) is 56.3 cm³/mol. The van der Waals surface area contributed by atoms with Gasteiger partial charge in [-0.25, -0.2) is 0 Å². The van der Waals surface area contributed by atoms with E-state index in [0.29, 0.717) is 17.9 Å². The number of rotatable bonds is 3. The zero-order valence-corrected chi connectivity index (χ0v) is 9.31. The molecule has 84 valence electrons. The van der Waals surface area contributed by atoms with Gasteiger partial charge in [0, 0.05) is 25.0 Å². The highest BCUT2D eigenvalue weighted by molar-refractivity contribution is 4.92. The van der Waals surface area contributed by atoms with E-state index in [1.165, 1.54) is 0 Å². The van der Waals surface area contributed by atoms with Crippen LogP contribution in [-0.4, -0.2) is 34.2 Å². The normalized spacial score (nSPS) is 22.8. The molecule has 2 N–H and O–H groups in total. The fraction of sp³-hybridized carbons (Fsp3) is 0.800. The smallest absolute Gasteiger partial charge is 0.240 e. The molecule has 1 aliphatic heterocycles. The standard InChI is InChI=1S/C10H18N4O/c1-7(2)10-12-9(15-13-10)6-14-4-3-8(11)5-14/h7-8H,3-6,11H2,1-2H3/t8-/m0/s1. The highest BCUT2D eigenvalue weighted by atomic mass is 16.5. The van der Waals surface area contributed by atoms with E-state index in [-0.39, 0.29) is 0 Å². The summed E-state index contributed by atoms with van der Waals surface area (Å²) in [7, 11) is 0. The SMILES string of the molecule is CC(C)c1noc(CN2CC[C@H](N)C2)n1. The summed E-state index contributed by atoms with van der Waals surface area (Å²) < 4.78 is 5.18. The van der Waals surface area contributed by atoms with Crippen molar-refractivity contribution in [3.05, 3.63) is 11.7 Å². The van der Waals surface area contributed by atoms with Gasteiger partial charge >= 0.3 is 0 Å². The summed E-state index contributed by atoms with van der Waals surface area (Å²) in [6, 6.07) is 0.303. The Kier molecular flexibility index (Phi) is 3.02. The maximum Gasteiger partial charge on any atom is 0.240 e. The average molecular weight is 210 g/mol. The van der Waals surface area contributed by atoms with Gasteiger partial charge < -0.3 is 10.3 Å². The molecule has 5 nitrogen and oxygen atoms in total. The summed E-state index contributed by atoms with van der Waals surface area (Å²) in [4.78, 5) is 6.59. The van der Waals surface area contributed by atoms with Gasteiger partial charge in [-0.15, -0.1) is 0 Å². The first-order chi connectivity index (χ1) is 7.15. The molecule has 0 amide bonds. The maximum atomic E-state index is 5.82. The van der Waals surface area contributed by atoms with Gasteiger partial charge in [0.15, 0.2) is 5.82 Å². The second kappa shape index (κ2) is 4.28. The molecule has 1 aromatic heterocycles. The minimum atomic E-state index is 0.303. The fourth-order valence-electron chi connectivity index (χ4n) is 1.76. The van der Waals surface area contributed by atoms with Crippen LogP contribution >= 0.6 is 0 Å². The number of nitrogens with two attached hydrogens (primary N) is 1. The average Bonchev–Trinajstić information content (AvgIpc) is 2.76. The third-order valence-corrected chi connectivity index (χ3v) is 2.67. The second-order valence-electron chi connectivity index (χ2n) is 4.48. The first-order valence-electron chi connectivity index (χ1n) is 5.45. The largest absolute Gasteiger partial charge is 0.338 e. The molecule has 0 saturated carbocycles.